The van der Waals surface area contributed by atoms with Crippen LogP contribution in [0.15, 0.2) is 0 Å². The van der Waals surface area contributed by atoms with Crippen molar-refractivity contribution in [3.63, 3.8) is 0 Å². The lowest BCUT2D eigenvalue weighted by molar-refractivity contribution is 0.148. The molecule has 1 N–H and O–H groups in total. The molecule has 0 aromatic heterocycles. The van der Waals surface area contributed by atoms with Crippen LogP contribution in [0.3, 0.4) is 0 Å². The highest BCUT2D eigenvalue weighted by molar-refractivity contribution is 7.80. The lowest BCUT2D eigenvalue weighted by atomic mass is 10.4. The molecule has 1 unspecified atom stereocenters. The SMILES string of the molecule is O=C(P)NCCCOCCS. The van der Waals surface area contributed by atoms with Gasteiger partial charge in [0.25, 0.3) is 0 Å². The number of nitrogens with one attached hydrogen (secondary N) is 1. The minimum Gasteiger partial charge on any atom is -0.381 e. The van der Waals surface area contributed by atoms with Crippen molar-refractivity contribution in [2.24, 2.45) is 0 Å². The minimum atomic E-state index is -0.0702. The summed E-state index contributed by atoms with van der Waals surface area (Å²) in [7, 11) is 2.06. The van der Waals surface area contributed by atoms with Crippen LogP contribution >= 0.6 is 21.9 Å². The molecule has 11 heavy (non-hydrogen) atoms. The number of rotatable bonds is 6. The van der Waals surface area contributed by atoms with E-state index in [9.17, 15) is 4.79 Å². The van der Waals surface area contributed by atoms with Crippen molar-refractivity contribution in [2.75, 3.05) is 25.5 Å². The van der Waals surface area contributed by atoms with E-state index in [1.54, 1.807) is 0 Å². The molecule has 66 valence electrons. The second-order valence-electron chi connectivity index (χ2n) is 1.98. The average Bonchev–Trinajstić information content (AvgIpc) is 1.96. The summed E-state index contributed by atoms with van der Waals surface area (Å²) in [5.74, 6) is 0.746. The third kappa shape index (κ3) is 10.2. The Morgan fingerprint density at radius 3 is 2.82 bits per heavy atom. The largest absolute Gasteiger partial charge is 0.381 e. The lowest BCUT2D eigenvalue weighted by Gasteiger charge is -2.02. The van der Waals surface area contributed by atoms with Gasteiger partial charge >= 0.3 is 0 Å². The van der Waals surface area contributed by atoms with Gasteiger partial charge in [0.15, 0.2) is 0 Å². The number of hydrogen-bond donors (Lipinski definition) is 2. The Kier molecular flexibility index (Phi) is 8.47. The summed E-state index contributed by atoms with van der Waals surface area (Å²) in [4.78, 5) is 10.3. The quantitative estimate of drug-likeness (QED) is 0.375. The summed E-state index contributed by atoms with van der Waals surface area (Å²) in [5.41, 5.74) is -0.0702. The molecule has 0 spiro atoms. The zero-order chi connectivity index (χ0) is 8.53. The minimum absolute atomic E-state index is 0.0702. The number of amides is 1. The number of ether oxygens (including phenoxy) is 1. The molecule has 0 aliphatic carbocycles. The third-order valence-corrected chi connectivity index (χ3v) is 1.39. The third-order valence-electron chi connectivity index (χ3n) is 1.00. The Morgan fingerprint density at radius 1 is 1.55 bits per heavy atom. The fourth-order valence-corrected chi connectivity index (χ4v) is 0.826. The van der Waals surface area contributed by atoms with Crippen LogP contribution in [-0.2, 0) is 4.74 Å². The van der Waals surface area contributed by atoms with Crippen LogP contribution in [-0.4, -0.2) is 31.2 Å². The van der Waals surface area contributed by atoms with E-state index < -0.39 is 0 Å². The Labute approximate surface area is 74.9 Å². The molecule has 1 amide bonds. The molecule has 0 rings (SSSR count). The van der Waals surface area contributed by atoms with Gasteiger partial charge in [-0.25, -0.2) is 0 Å². The smallest absolute Gasteiger partial charge is 0.234 e. The summed E-state index contributed by atoms with van der Waals surface area (Å²) in [6, 6.07) is 0. The summed E-state index contributed by atoms with van der Waals surface area (Å²) in [6.07, 6.45) is 0.855. The first kappa shape index (κ1) is 11.2. The maximum Gasteiger partial charge on any atom is 0.234 e. The first-order valence-electron chi connectivity index (χ1n) is 3.49. The normalized spacial score (nSPS) is 9.64. The maximum absolute atomic E-state index is 10.3. The van der Waals surface area contributed by atoms with E-state index in [0.717, 1.165) is 12.2 Å². The van der Waals surface area contributed by atoms with E-state index in [1.807, 2.05) is 0 Å². The van der Waals surface area contributed by atoms with Gasteiger partial charge in [-0.1, -0.05) is 0 Å². The van der Waals surface area contributed by atoms with Crippen LogP contribution in [0.4, 0.5) is 4.79 Å². The van der Waals surface area contributed by atoms with Crippen LogP contribution in [0.5, 0.6) is 0 Å². The second-order valence-corrected chi connectivity index (χ2v) is 2.95. The van der Waals surface area contributed by atoms with Gasteiger partial charge in [-0.3, -0.25) is 4.79 Å². The monoisotopic (exact) mass is 195 g/mol. The molecule has 0 aromatic carbocycles. The van der Waals surface area contributed by atoms with Gasteiger partial charge in [-0.15, -0.1) is 0 Å². The van der Waals surface area contributed by atoms with Gasteiger partial charge in [-0.05, 0) is 15.7 Å². The Morgan fingerprint density at radius 2 is 2.27 bits per heavy atom. The topological polar surface area (TPSA) is 38.3 Å². The fourth-order valence-electron chi connectivity index (χ4n) is 0.552. The van der Waals surface area contributed by atoms with Gasteiger partial charge < -0.3 is 10.1 Å². The molecule has 0 heterocycles. The van der Waals surface area contributed by atoms with Crippen LogP contribution in [0.25, 0.3) is 0 Å². The van der Waals surface area contributed by atoms with Crippen LogP contribution in [0.2, 0.25) is 0 Å². The molecular formula is C6H14NO2PS. The van der Waals surface area contributed by atoms with Crippen LogP contribution in [0, 0.1) is 0 Å². The highest BCUT2D eigenvalue weighted by Crippen LogP contribution is 1.85. The molecule has 0 fully saturated rings. The number of carbonyl (C=O) groups excluding carboxylic acids is 1. The first-order valence-corrected chi connectivity index (χ1v) is 4.70. The zero-order valence-corrected chi connectivity index (χ0v) is 8.43. The molecule has 0 aromatic rings. The molecule has 0 aliphatic heterocycles. The maximum atomic E-state index is 10.3. The van der Waals surface area contributed by atoms with E-state index in [-0.39, 0.29) is 5.65 Å². The van der Waals surface area contributed by atoms with Crippen molar-refractivity contribution >= 4 is 27.5 Å². The molecule has 0 radical (unpaired) electrons. The van der Waals surface area contributed by atoms with E-state index >= 15 is 0 Å². The standard InChI is InChI=1S/C6H14NO2PS/c8-6(10)7-2-1-3-9-4-5-11/h11H,1-5,10H2,(H,7,8). The van der Waals surface area contributed by atoms with E-state index in [1.165, 1.54) is 0 Å². The Bertz CT molecular complexity index is 113. The molecule has 0 bridgehead atoms. The van der Waals surface area contributed by atoms with Gasteiger partial charge in [-0.2, -0.15) is 12.6 Å². The average molecular weight is 195 g/mol. The fraction of sp³-hybridized carbons (Fsp3) is 0.833. The molecule has 1 atom stereocenters. The molecule has 0 saturated heterocycles. The Balaban J connectivity index is 2.85. The Hall–Kier alpha value is 0.210. The van der Waals surface area contributed by atoms with E-state index in [0.29, 0.717) is 19.8 Å². The molecule has 3 nitrogen and oxygen atoms in total. The van der Waals surface area contributed by atoms with Gasteiger partial charge in [0.05, 0.1) is 6.61 Å². The van der Waals surface area contributed by atoms with Gasteiger partial charge in [0.1, 0.15) is 0 Å². The van der Waals surface area contributed by atoms with Gasteiger partial charge in [0, 0.05) is 18.9 Å². The zero-order valence-electron chi connectivity index (χ0n) is 6.38. The van der Waals surface area contributed by atoms with Gasteiger partial charge in [0.2, 0.25) is 5.65 Å². The molecule has 0 saturated carbocycles. The lowest BCUT2D eigenvalue weighted by Crippen LogP contribution is -2.18. The number of carbonyl (C=O) groups is 1. The predicted octanol–water partition coefficient (Wildman–Crippen LogP) is 0.908. The molecule has 0 aliphatic rings. The molecular weight excluding hydrogens is 181 g/mol. The highest BCUT2D eigenvalue weighted by Gasteiger charge is 1.90. The second kappa shape index (κ2) is 8.31. The van der Waals surface area contributed by atoms with Crippen molar-refractivity contribution in [3.8, 4) is 0 Å². The summed E-state index contributed by atoms with van der Waals surface area (Å²) < 4.78 is 5.13. The van der Waals surface area contributed by atoms with Crippen LogP contribution in [0.1, 0.15) is 6.42 Å². The summed E-state index contributed by atoms with van der Waals surface area (Å²) in [5, 5.41) is 2.65. The van der Waals surface area contributed by atoms with Crippen molar-refractivity contribution < 1.29 is 9.53 Å². The van der Waals surface area contributed by atoms with Crippen molar-refractivity contribution in [1.82, 2.24) is 5.32 Å². The van der Waals surface area contributed by atoms with Crippen molar-refractivity contribution in [3.05, 3.63) is 0 Å². The number of thiol groups is 1. The predicted molar refractivity (Wildman–Crippen MR) is 52.4 cm³/mol. The highest BCUT2D eigenvalue weighted by atomic mass is 32.1. The summed E-state index contributed by atoms with van der Waals surface area (Å²) in [6.45, 7) is 2.04. The molecule has 5 heteroatoms. The van der Waals surface area contributed by atoms with Crippen LogP contribution < -0.4 is 5.32 Å². The van der Waals surface area contributed by atoms with E-state index in [2.05, 4.69) is 27.2 Å². The summed E-state index contributed by atoms with van der Waals surface area (Å²) >= 11 is 3.98. The first-order chi connectivity index (χ1) is 5.27. The number of hydrogen-bond acceptors (Lipinski definition) is 3. The van der Waals surface area contributed by atoms with E-state index in [4.69, 9.17) is 4.74 Å². The van der Waals surface area contributed by atoms with Crippen molar-refractivity contribution in [2.45, 2.75) is 6.42 Å². The van der Waals surface area contributed by atoms with Crippen molar-refractivity contribution in [1.29, 1.82) is 0 Å².